The van der Waals surface area contributed by atoms with Crippen molar-refractivity contribution in [3.8, 4) is 17.2 Å². The largest absolute Gasteiger partial charge is 0.496 e. The average Bonchev–Trinajstić information content (AvgIpc) is 2.44. The van der Waals surface area contributed by atoms with Crippen molar-refractivity contribution in [3.05, 3.63) is 50.4 Å². The number of hydrogen-bond acceptors (Lipinski definition) is 3. The van der Waals surface area contributed by atoms with Gasteiger partial charge in [-0.25, -0.2) is 0 Å². The highest BCUT2D eigenvalue weighted by Crippen LogP contribution is 2.49. The Bertz CT molecular complexity index is 670. The van der Waals surface area contributed by atoms with Crippen molar-refractivity contribution in [3.63, 3.8) is 0 Å². The van der Waals surface area contributed by atoms with E-state index in [4.69, 9.17) is 9.47 Å². The molecule has 3 nitrogen and oxygen atoms in total. The molecular formula is C15H12Br2O3. The highest BCUT2D eigenvalue weighted by molar-refractivity contribution is 9.10. The maximum atomic E-state index is 9.83. The van der Waals surface area contributed by atoms with E-state index in [1.165, 1.54) is 0 Å². The molecule has 1 atom stereocenters. The van der Waals surface area contributed by atoms with E-state index in [1.54, 1.807) is 7.11 Å². The van der Waals surface area contributed by atoms with Crippen LogP contribution in [0.25, 0.3) is 0 Å². The fourth-order valence-electron chi connectivity index (χ4n) is 2.51. The van der Waals surface area contributed by atoms with Gasteiger partial charge in [-0.15, -0.1) is 0 Å². The highest BCUT2D eigenvalue weighted by atomic mass is 79.9. The summed E-state index contributed by atoms with van der Waals surface area (Å²) in [7, 11) is 1.62. The molecule has 1 aliphatic rings. The van der Waals surface area contributed by atoms with Crippen LogP contribution in [0.1, 0.15) is 17.0 Å². The van der Waals surface area contributed by atoms with E-state index in [1.807, 2.05) is 30.3 Å². The van der Waals surface area contributed by atoms with Gasteiger partial charge < -0.3 is 14.6 Å². The molecule has 0 radical (unpaired) electrons. The fraction of sp³-hybridized carbons (Fsp3) is 0.200. The van der Waals surface area contributed by atoms with Crippen LogP contribution in [0, 0.1) is 0 Å². The first-order valence-corrected chi connectivity index (χ1v) is 7.68. The summed E-state index contributed by atoms with van der Waals surface area (Å²) in [6.07, 6.45) is 0. The van der Waals surface area contributed by atoms with Crippen LogP contribution >= 0.6 is 31.9 Å². The zero-order chi connectivity index (χ0) is 14.3. The van der Waals surface area contributed by atoms with E-state index in [2.05, 4.69) is 31.9 Å². The lowest BCUT2D eigenvalue weighted by Crippen LogP contribution is -2.15. The minimum Gasteiger partial charge on any atom is -0.496 e. The maximum absolute atomic E-state index is 9.83. The van der Waals surface area contributed by atoms with Crippen LogP contribution in [0.3, 0.4) is 0 Å². The molecule has 1 N–H and O–H groups in total. The molecule has 0 aromatic heterocycles. The lowest BCUT2D eigenvalue weighted by Gasteiger charge is -2.28. The van der Waals surface area contributed by atoms with Crippen molar-refractivity contribution in [2.45, 2.75) is 5.92 Å². The quantitative estimate of drug-likeness (QED) is 0.810. The third kappa shape index (κ3) is 2.24. The van der Waals surface area contributed by atoms with Gasteiger partial charge in [0.2, 0.25) is 0 Å². The molecule has 0 aliphatic carbocycles. The van der Waals surface area contributed by atoms with Gasteiger partial charge in [0, 0.05) is 26.0 Å². The molecule has 0 spiro atoms. The number of aliphatic hydroxyl groups excluding tert-OH is 1. The molecule has 0 saturated carbocycles. The van der Waals surface area contributed by atoms with Crippen LogP contribution < -0.4 is 9.47 Å². The third-order valence-corrected chi connectivity index (χ3v) is 4.34. The molecule has 1 unspecified atom stereocenters. The van der Waals surface area contributed by atoms with Gasteiger partial charge in [0.1, 0.15) is 17.2 Å². The summed E-state index contributed by atoms with van der Waals surface area (Å²) in [5.41, 5.74) is 1.83. The van der Waals surface area contributed by atoms with Crippen molar-refractivity contribution >= 4 is 31.9 Å². The SMILES string of the molecule is COc1cc(Br)cc2c1C(CO)c1cc(Br)ccc1O2. The number of ether oxygens (including phenoxy) is 2. The number of aliphatic hydroxyl groups is 1. The summed E-state index contributed by atoms with van der Waals surface area (Å²) >= 11 is 6.90. The Balaban J connectivity index is 2.23. The van der Waals surface area contributed by atoms with Crippen LogP contribution in [0.2, 0.25) is 0 Å². The Morgan fingerprint density at radius 1 is 1.15 bits per heavy atom. The summed E-state index contributed by atoms with van der Waals surface area (Å²) in [5, 5.41) is 9.83. The van der Waals surface area contributed by atoms with Gasteiger partial charge in [0.15, 0.2) is 0 Å². The first-order chi connectivity index (χ1) is 9.63. The standard InChI is InChI=1S/C15H12Br2O3/c1-19-13-5-9(17)6-14-15(13)11(7-18)10-4-8(16)2-3-12(10)20-14/h2-6,11,18H,7H2,1H3. The summed E-state index contributed by atoms with van der Waals surface area (Å²) in [4.78, 5) is 0. The number of halogens is 2. The Labute approximate surface area is 133 Å². The summed E-state index contributed by atoms with van der Waals surface area (Å²) in [5.74, 6) is 2.03. The Hall–Kier alpha value is -1.04. The number of methoxy groups -OCH3 is 1. The number of fused-ring (bicyclic) bond motifs is 2. The number of hydrogen-bond donors (Lipinski definition) is 1. The molecule has 1 heterocycles. The van der Waals surface area contributed by atoms with Gasteiger partial charge >= 0.3 is 0 Å². The monoisotopic (exact) mass is 398 g/mol. The smallest absolute Gasteiger partial charge is 0.136 e. The minimum absolute atomic E-state index is 0.00218. The van der Waals surface area contributed by atoms with Crippen LogP contribution in [-0.2, 0) is 0 Å². The van der Waals surface area contributed by atoms with Gasteiger partial charge in [-0.2, -0.15) is 0 Å². The molecule has 20 heavy (non-hydrogen) atoms. The van der Waals surface area contributed by atoms with Crippen molar-refractivity contribution in [1.29, 1.82) is 0 Å². The second-order valence-corrected chi connectivity index (χ2v) is 6.37. The Morgan fingerprint density at radius 3 is 2.65 bits per heavy atom. The highest BCUT2D eigenvalue weighted by Gasteiger charge is 2.30. The second-order valence-electron chi connectivity index (χ2n) is 4.54. The average molecular weight is 400 g/mol. The van der Waals surface area contributed by atoms with Gasteiger partial charge in [0.05, 0.1) is 13.7 Å². The predicted molar refractivity (Wildman–Crippen MR) is 83.8 cm³/mol. The zero-order valence-corrected chi connectivity index (χ0v) is 13.9. The first kappa shape index (κ1) is 13.9. The van der Waals surface area contributed by atoms with Crippen molar-refractivity contribution in [2.75, 3.05) is 13.7 Å². The normalized spacial score (nSPS) is 16.1. The van der Waals surface area contributed by atoms with Gasteiger partial charge in [-0.05, 0) is 30.3 Å². The zero-order valence-electron chi connectivity index (χ0n) is 10.7. The summed E-state index contributed by atoms with van der Waals surface area (Å²) in [6.45, 7) is -0.00218. The summed E-state index contributed by atoms with van der Waals surface area (Å²) in [6, 6.07) is 9.58. The second kappa shape index (κ2) is 5.39. The van der Waals surface area contributed by atoms with Gasteiger partial charge in [0.25, 0.3) is 0 Å². The number of rotatable bonds is 2. The predicted octanol–water partition coefficient (Wildman–Crippen LogP) is 4.45. The van der Waals surface area contributed by atoms with E-state index in [0.29, 0.717) is 11.5 Å². The van der Waals surface area contributed by atoms with E-state index < -0.39 is 0 Å². The minimum atomic E-state index is -0.158. The molecule has 0 amide bonds. The van der Waals surface area contributed by atoms with E-state index in [0.717, 1.165) is 25.8 Å². The molecule has 0 fully saturated rings. The molecule has 0 bridgehead atoms. The lowest BCUT2D eigenvalue weighted by molar-refractivity contribution is 0.267. The van der Waals surface area contributed by atoms with Crippen LogP contribution in [0.15, 0.2) is 39.3 Å². The Morgan fingerprint density at radius 2 is 1.95 bits per heavy atom. The van der Waals surface area contributed by atoms with Crippen LogP contribution in [0.4, 0.5) is 0 Å². The molecule has 1 aliphatic heterocycles. The topological polar surface area (TPSA) is 38.7 Å². The van der Waals surface area contributed by atoms with Crippen molar-refractivity contribution in [2.24, 2.45) is 0 Å². The lowest BCUT2D eigenvalue weighted by atomic mass is 9.88. The molecular weight excluding hydrogens is 388 g/mol. The van der Waals surface area contributed by atoms with Crippen LogP contribution in [-0.4, -0.2) is 18.8 Å². The molecule has 5 heteroatoms. The molecule has 104 valence electrons. The third-order valence-electron chi connectivity index (χ3n) is 3.39. The first-order valence-electron chi connectivity index (χ1n) is 6.09. The number of benzene rings is 2. The van der Waals surface area contributed by atoms with Crippen molar-refractivity contribution in [1.82, 2.24) is 0 Å². The summed E-state index contributed by atoms with van der Waals surface area (Å²) < 4.78 is 13.2. The van der Waals surface area contributed by atoms with E-state index in [9.17, 15) is 5.11 Å². The molecule has 2 aromatic rings. The molecule has 3 rings (SSSR count). The maximum Gasteiger partial charge on any atom is 0.136 e. The van der Waals surface area contributed by atoms with Crippen molar-refractivity contribution < 1.29 is 14.6 Å². The Kier molecular flexibility index (Phi) is 3.75. The van der Waals surface area contributed by atoms with Crippen LogP contribution in [0.5, 0.6) is 17.2 Å². The fourth-order valence-corrected chi connectivity index (χ4v) is 3.31. The molecule has 0 saturated heterocycles. The van der Waals surface area contributed by atoms with E-state index in [-0.39, 0.29) is 12.5 Å². The molecule has 2 aromatic carbocycles. The van der Waals surface area contributed by atoms with Gasteiger partial charge in [-0.1, -0.05) is 31.9 Å². The van der Waals surface area contributed by atoms with Gasteiger partial charge in [-0.3, -0.25) is 0 Å². The van der Waals surface area contributed by atoms with E-state index >= 15 is 0 Å².